The fraction of sp³-hybridized carbons (Fsp3) is 0.875. The van der Waals surface area contributed by atoms with Crippen molar-refractivity contribution in [2.75, 3.05) is 13.1 Å². The van der Waals surface area contributed by atoms with Gasteiger partial charge in [-0.15, -0.1) is 0 Å². The van der Waals surface area contributed by atoms with Crippen LogP contribution in [0.15, 0.2) is 0 Å². The zero-order valence-electron chi connectivity index (χ0n) is 13.3. The number of carboxylic acids is 1. The predicted molar refractivity (Wildman–Crippen MR) is 77.2 cm³/mol. The Morgan fingerprint density at radius 1 is 1.20 bits per heavy atom. The number of aliphatic carboxylic acids is 1. The van der Waals surface area contributed by atoms with Crippen LogP contribution >= 0.6 is 0 Å². The van der Waals surface area contributed by atoms with E-state index in [4.69, 9.17) is 0 Å². The van der Waals surface area contributed by atoms with Crippen LogP contribution < -0.4 is 0 Å². The van der Waals surface area contributed by atoms with E-state index in [0.29, 0.717) is 25.9 Å². The van der Waals surface area contributed by atoms with Gasteiger partial charge in [-0.05, 0) is 30.1 Å². The minimum Gasteiger partial charge on any atom is -0.481 e. The Kier molecular flexibility index (Phi) is 3.43. The van der Waals surface area contributed by atoms with E-state index < -0.39 is 11.4 Å². The van der Waals surface area contributed by atoms with E-state index in [1.807, 2.05) is 11.8 Å². The van der Waals surface area contributed by atoms with Gasteiger partial charge in [0.15, 0.2) is 0 Å². The lowest BCUT2D eigenvalue weighted by Crippen LogP contribution is -2.50. The molecule has 2 fully saturated rings. The summed E-state index contributed by atoms with van der Waals surface area (Å²) in [7, 11) is 0. The van der Waals surface area contributed by atoms with Gasteiger partial charge in [-0.1, -0.05) is 34.6 Å². The minimum atomic E-state index is -0.758. The molecule has 0 aromatic rings. The van der Waals surface area contributed by atoms with Crippen molar-refractivity contribution in [1.82, 2.24) is 4.90 Å². The number of amides is 1. The second-order valence-corrected chi connectivity index (χ2v) is 7.68. The smallest absolute Gasteiger partial charge is 0.311 e. The zero-order chi connectivity index (χ0) is 15.3. The molecule has 2 rings (SSSR count). The number of hydrogen-bond donors (Lipinski definition) is 1. The van der Waals surface area contributed by atoms with E-state index in [1.54, 1.807) is 0 Å². The molecule has 20 heavy (non-hydrogen) atoms. The molecule has 1 atom stereocenters. The van der Waals surface area contributed by atoms with Crippen molar-refractivity contribution in [2.24, 2.45) is 22.2 Å². The molecule has 1 N–H and O–H groups in total. The SMILES string of the molecule is CCC1(C(=O)O)CCCN(C(=O)C2C(C)(C)C2(C)C)C1. The molecule has 0 spiro atoms. The highest BCUT2D eigenvalue weighted by atomic mass is 16.4. The summed E-state index contributed by atoms with van der Waals surface area (Å²) >= 11 is 0. The summed E-state index contributed by atoms with van der Waals surface area (Å²) in [5, 5.41) is 9.51. The third-order valence-corrected chi connectivity index (χ3v) is 6.29. The Bertz CT molecular complexity index is 427. The summed E-state index contributed by atoms with van der Waals surface area (Å²) in [6, 6.07) is 0. The van der Waals surface area contributed by atoms with Crippen molar-refractivity contribution in [2.45, 2.75) is 53.9 Å². The van der Waals surface area contributed by atoms with Crippen LogP contribution in [0.4, 0.5) is 0 Å². The van der Waals surface area contributed by atoms with E-state index in [-0.39, 0.29) is 22.7 Å². The molecule has 4 heteroatoms. The first-order valence-electron chi connectivity index (χ1n) is 7.62. The van der Waals surface area contributed by atoms with Crippen LogP contribution in [0, 0.1) is 22.2 Å². The van der Waals surface area contributed by atoms with Gasteiger partial charge in [0.2, 0.25) is 5.91 Å². The van der Waals surface area contributed by atoms with Crippen LogP contribution in [0.2, 0.25) is 0 Å². The number of carbonyl (C=O) groups is 2. The Balaban J connectivity index is 2.15. The summed E-state index contributed by atoms with van der Waals surface area (Å²) in [5.41, 5.74) is -0.712. The van der Waals surface area contributed by atoms with Gasteiger partial charge in [0.1, 0.15) is 0 Å². The maximum absolute atomic E-state index is 12.8. The second kappa shape index (κ2) is 4.47. The molecule has 4 nitrogen and oxygen atoms in total. The van der Waals surface area contributed by atoms with Crippen molar-refractivity contribution in [3.05, 3.63) is 0 Å². The molecule has 0 aromatic heterocycles. The van der Waals surface area contributed by atoms with Crippen LogP contribution in [0.25, 0.3) is 0 Å². The molecule has 2 aliphatic rings. The molecule has 1 amide bonds. The Morgan fingerprint density at radius 3 is 2.15 bits per heavy atom. The van der Waals surface area contributed by atoms with Crippen molar-refractivity contribution >= 4 is 11.9 Å². The lowest BCUT2D eigenvalue weighted by atomic mass is 9.77. The third-order valence-electron chi connectivity index (χ3n) is 6.29. The fourth-order valence-electron chi connectivity index (χ4n) is 3.93. The minimum absolute atomic E-state index is 0.0135. The van der Waals surface area contributed by atoms with Crippen molar-refractivity contribution < 1.29 is 14.7 Å². The van der Waals surface area contributed by atoms with Crippen LogP contribution in [0.1, 0.15) is 53.9 Å². The number of rotatable bonds is 3. The predicted octanol–water partition coefficient (Wildman–Crippen LogP) is 2.77. The molecule has 1 heterocycles. The van der Waals surface area contributed by atoms with Gasteiger partial charge in [0.25, 0.3) is 0 Å². The summed E-state index contributed by atoms with van der Waals surface area (Å²) in [4.78, 5) is 26.1. The molecule has 0 radical (unpaired) electrons. The zero-order valence-corrected chi connectivity index (χ0v) is 13.3. The molecule has 0 aromatic carbocycles. The number of piperidine rings is 1. The van der Waals surface area contributed by atoms with Crippen molar-refractivity contribution in [1.29, 1.82) is 0 Å². The van der Waals surface area contributed by atoms with E-state index in [1.165, 1.54) is 0 Å². The summed E-state index contributed by atoms with van der Waals surface area (Å²) in [5.74, 6) is -0.581. The van der Waals surface area contributed by atoms with E-state index in [9.17, 15) is 14.7 Å². The van der Waals surface area contributed by atoms with Crippen molar-refractivity contribution in [3.63, 3.8) is 0 Å². The normalized spacial score (nSPS) is 31.9. The van der Waals surface area contributed by atoms with Gasteiger partial charge in [-0.2, -0.15) is 0 Å². The highest BCUT2D eigenvalue weighted by Crippen LogP contribution is 2.69. The maximum atomic E-state index is 12.8. The average molecular weight is 281 g/mol. The lowest BCUT2D eigenvalue weighted by Gasteiger charge is -2.39. The largest absolute Gasteiger partial charge is 0.481 e. The lowest BCUT2D eigenvalue weighted by molar-refractivity contribution is -0.155. The Morgan fingerprint density at radius 2 is 1.75 bits per heavy atom. The van der Waals surface area contributed by atoms with Crippen LogP contribution in [0.3, 0.4) is 0 Å². The number of carboxylic acid groups (broad SMARTS) is 1. The summed E-state index contributed by atoms with van der Waals surface area (Å²) in [6.45, 7) is 11.5. The Hall–Kier alpha value is -1.06. The highest BCUT2D eigenvalue weighted by Gasteiger charge is 2.69. The topological polar surface area (TPSA) is 57.6 Å². The molecule has 1 unspecified atom stereocenters. The van der Waals surface area contributed by atoms with Gasteiger partial charge in [-0.3, -0.25) is 9.59 Å². The molecule has 114 valence electrons. The highest BCUT2D eigenvalue weighted by molar-refractivity contribution is 5.85. The van der Waals surface area contributed by atoms with Gasteiger partial charge >= 0.3 is 5.97 Å². The fourth-order valence-corrected chi connectivity index (χ4v) is 3.93. The quantitative estimate of drug-likeness (QED) is 0.865. The maximum Gasteiger partial charge on any atom is 0.311 e. The summed E-state index contributed by atoms with van der Waals surface area (Å²) in [6.07, 6.45) is 2.06. The molecule has 1 aliphatic carbocycles. The number of nitrogens with zero attached hydrogens (tertiary/aromatic N) is 1. The number of carbonyl (C=O) groups excluding carboxylic acids is 1. The first-order chi connectivity index (χ1) is 9.10. The molecule has 1 saturated carbocycles. The monoisotopic (exact) mass is 281 g/mol. The molecule has 1 aliphatic heterocycles. The number of hydrogen-bond acceptors (Lipinski definition) is 2. The van der Waals surface area contributed by atoms with Crippen LogP contribution in [0.5, 0.6) is 0 Å². The van der Waals surface area contributed by atoms with Crippen molar-refractivity contribution in [3.8, 4) is 0 Å². The molecule has 0 bridgehead atoms. The summed E-state index contributed by atoms with van der Waals surface area (Å²) < 4.78 is 0. The van der Waals surface area contributed by atoms with E-state index in [2.05, 4.69) is 27.7 Å². The third kappa shape index (κ3) is 1.95. The molecule has 1 saturated heterocycles. The second-order valence-electron chi connectivity index (χ2n) is 7.68. The molecular formula is C16H27NO3. The Labute approximate surface area is 121 Å². The standard InChI is InChI=1S/C16H27NO3/c1-6-16(13(19)20)8-7-9-17(10-16)12(18)11-14(2,3)15(11,4)5/h11H,6-10H2,1-5H3,(H,19,20). The molecular weight excluding hydrogens is 254 g/mol. The van der Waals surface area contributed by atoms with Crippen LogP contribution in [-0.4, -0.2) is 35.0 Å². The van der Waals surface area contributed by atoms with Gasteiger partial charge in [-0.25, -0.2) is 0 Å². The van der Waals surface area contributed by atoms with Gasteiger partial charge < -0.3 is 10.0 Å². The van der Waals surface area contributed by atoms with E-state index >= 15 is 0 Å². The number of likely N-dealkylation sites (tertiary alicyclic amines) is 1. The first kappa shape index (κ1) is 15.3. The van der Waals surface area contributed by atoms with E-state index in [0.717, 1.165) is 6.42 Å². The average Bonchev–Trinajstić information content (AvgIpc) is 2.78. The van der Waals surface area contributed by atoms with Gasteiger partial charge in [0.05, 0.1) is 5.41 Å². The first-order valence-corrected chi connectivity index (χ1v) is 7.62. The van der Waals surface area contributed by atoms with Gasteiger partial charge in [0, 0.05) is 19.0 Å². The van der Waals surface area contributed by atoms with Crippen LogP contribution in [-0.2, 0) is 9.59 Å².